The third-order valence-corrected chi connectivity index (χ3v) is 5.05. The number of rotatable bonds is 6. The van der Waals surface area contributed by atoms with E-state index in [0.29, 0.717) is 24.6 Å². The van der Waals surface area contributed by atoms with Gasteiger partial charge in [-0.25, -0.2) is 0 Å². The van der Waals surface area contributed by atoms with Crippen LogP contribution in [0.4, 0.5) is 5.69 Å². The van der Waals surface area contributed by atoms with E-state index in [9.17, 15) is 9.59 Å². The predicted molar refractivity (Wildman–Crippen MR) is 112 cm³/mol. The Hall–Kier alpha value is -3.22. The first-order chi connectivity index (χ1) is 14.0. The highest BCUT2D eigenvalue weighted by molar-refractivity contribution is 6.01. The summed E-state index contributed by atoms with van der Waals surface area (Å²) in [4.78, 5) is 29.2. The monoisotopic (exact) mass is 397 g/mol. The van der Waals surface area contributed by atoms with Gasteiger partial charge < -0.3 is 24.6 Å². The fraction of sp³-hybridized carbons (Fsp3) is 0.364. The van der Waals surface area contributed by atoms with Crippen LogP contribution in [-0.4, -0.2) is 63.7 Å². The van der Waals surface area contributed by atoms with Crippen LogP contribution in [0.15, 0.2) is 42.5 Å². The Balaban J connectivity index is 1.55. The van der Waals surface area contributed by atoms with Crippen LogP contribution in [0.1, 0.15) is 15.9 Å². The first kappa shape index (κ1) is 20.5. The number of hydrogen-bond acceptors (Lipinski definition) is 5. The Kier molecular flexibility index (Phi) is 6.59. The molecular formula is C22H27N3O4. The van der Waals surface area contributed by atoms with E-state index in [2.05, 4.69) is 35.3 Å². The minimum Gasteiger partial charge on any atom is -0.496 e. The van der Waals surface area contributed by atoms with Crippen molar-refractivity contribution in [2.45, 2.75) is 6.92 Å². The van der Waals surface area contributed by atoms with Gasteiger partial charge in [0, 0.05) is 31.9 Å². The van der Waals surface area contributed by atoms with Crippen LogP contribution in [0.5, 0.6) is 11.5 Å². The van der Waals surface area contributed by atoms with Gasteiger partial charge in [0.25, 0.3) is 5.91 Å². The Labute approximate surface area is 171 Å². The second-order valence-electron chi connectivity index (χ2n) is 6.93. The van der Waals surface area contributed by atoms with Gasteiger partial charge in [0.1, 0.15) is 17.1 Å². The van der Waals surface area contributed by atoms with Crippen molar-refractivity contribution in [3.8, 4) is 11.5 Å². The Morgan fingerprint density at radius 2 is 1.59 bits per heavy atom. The maximum absolute atomic E-state index is 12.6. The highest BCUT2D eigenvalue weighted by Gasteiger charge is 2.23. The maximum atomic E-state index is 12.6. The molecule has 1 heterocycles. The van der Waals surface area contributed by atoms with Crippen LogP contribution >= 0.6 is 0 Å². The van der Waals surface area contributed by atoms with E-state index < -0.39 is 5.91 Å². The molecule has 2 amide bonds. The lowest BCUT2D eigenvalue weighted by Gasteiger charge is -2.36. The van der Waals surface area contributed by atoms with Gasteiger partial charge in [-0.1, -0.05) is 18.2 Å². The molecule has 0 saturated carbocycles. The Morgan fingerprint density at radius 3 is 2.17 bits per heavy atom. The number of nitrogens with zero attached hydrogens (tertiary/aromatic N) is 2. The van der Waals surface area contributed by atoms with Crippen molar-refractivity contribution in [2.75, 3.05) is 51.8 Å². The summed E-state index contributed by atoms with van der Waals surface area (Å²) < 4.78 is 10.5. The van der Waals surface area contributed by atoms with Gasteiger partial charge in [-0.15, -0.1) is 0 Å². The van der Waals surface area contributed by atoms with Crippen LogP contribution < -0.4 is 19.7 Å². The molecule has 1 N–H and O–H groups in total. The molecule has 0 aromatic heterocycles. The molecule has 2 aromatic carbocycles. The molecule has 0 spiro atoms. The van der Waals surface area contributed by atoms with E-state index in [1.54, 1.807) is 23.1 Å². The first-order valence-corrected chi connectivity index (χ1v) is 9.62. The van der Waals surface area contributed by atoms with Gasteiger partial charge in [0.05, 0.1) is 20.8 Å². The quantitative estimate of drug-likeness (QED) is 0.808. The summed E-state index contributed by atoms with van der Waals surface area (Å²) in [6.07, 6.45) is 0. The zero-order valence-electron chi connectivity index (χ0n) is 17.1. The Bertz CT molecular complexity index is 854. The molecule has 0 bridgehead atoms. The minimum atomic E-state index is -0.397. The Morgan fingerprint density at radius 1 is 0.966 bits per heavy atom. The molecule has 1 saturated heterocycles. The SMILES string of the molecule is COc1cccc(OC)c1C(=O)NCC(=O)N1CCN(c2cccc(C)c2)CC1. The molecule has 7 nitrogen and oxygen atoms in total. The highest BCUT2D eigenvalue weighted by Crippen LogP contribution is 2.27. The van der Waals surface area contributed by atoms with Crippen molar-refractivity contribution in [3.05, 3.63) is 53.6 Å². The predicted octanol–water partition coefficient (Wildman–Crippen LogP) is 2.09. The third kappa shape index (κ3) is 4.80. The fourth-order valence-corrected chi connectivity index (χ4v) is 3.47. The number of aryl methyl sites for hydroxylation is 1. The van der Waals surface area contributed by atoms with Crippen molar-refractivity contribution in [1.29, 1.82) is 0 Å². The molecule has 1 aliphatic heterocycles. The second-order valence-corrected chi connectivity index (χ2v) is 6.93. The van der Waals surface area contributed by atoms with Crippen LogP contribution in [0.25, 0.3) is 0 Å². The molecule has 29 heavy (non-hydrogen) atoms. The number of anilines is 1. The van der Waals surface area contributed by atoms with Gasteiger partial charge in [-0.05, 0) is 36.8 Å². The maximum Gasteiger partial charge on any atom is 0.259 e. The molecule has 0 radical (unpaired) electrons. The minimum absolute atomic E-state index is 0.0650. The number of benzene rings is 2. The lowest BCUT2D eigenvalue weighted by Crippen LogP contribution is -2.51. The molecule has 1 aliphatic rings. The van der Waals surface area contributed by atoms with Gasteiger partial charge in [0.15, 0.2) is 0 Å². The number of nitrogens with one attached hydrogen (secondary N) is 1. The summed E-state index contributed by atoms with van der Waals surface area (Å²) in [5, 5.41) is 2.69. The van der Waals surface area contributed by atoms with Crippen molar-refractivity contribution < 1.29 is 19.1 Å². The van der Waals surface area contributed by atoms with Crippen molar-refractivity contribution in [3.63, 3.8) is 0 Å². The molecule has 7 heteroatoms. The van der Waals surface area contributed by atoms with E-state index in [0.717, 1.165) is 13.1 Å². The standard InChI is InChI=1S/C22H27N3O4/c1-16-6-4-7-17(14-16)24-10-12-25(13-11-24)20(26)15-23-22(27)21-18(28-2)8-5-9-19(21)29-3/h4-9,14H,10-13,15H2,1-3H3,(H,23,27). The summed E-state index contributed by atoms with van der Waals surface area (Å²) in [6, 6.07) is 13.5. The number of piperazine rings is 1. The van der Waals surface area contributed by atoms with E-state index in [1.807, 2.05) is 6.07 Å². The number of amides is 2. The summed E-state index contributed by atoms with van der Waals surface area (Å²) in [6.45, 7) is 4.79. The van der Waals surface area contributed by atoms with Crippen LogP contribution in [0, 0.1) is 6.92 Å². The first-order valence-electron chi connectivity index (χ1n) is 9.62. The molecule has 3 rings (SSSR count). The van der Waals surface area contributed by atoms with Gasteiger partial charge >= 0.3 is 0 Å². The van der Waals surface area contributed by atoms with E-state index in [4.69, 9.17) is 9.47 Å². The van der Waals surface area contributed by atoms with E-state index in [1.165, 1.54) is 25.5 Å². The summed E-state index contributed by atoms with van der Waals surface area (Å²) in [5.41, 5.74) is 2.68. The lowest BCUT2D eigenvalue weighted by molar-refractivity contribution is -0.130. The van der Waals surface area contributed by atoms with Gasteiger partial charge in [-0.2, -0.15) is 0 Å². The van der Waals surface area contributed by atoms with Gasteiger partial charge in [0.2, 0.25) is 5.91 Å². The molecule has 1 fully saturated rings. The average molecular weight is 397 g/mol. The van der Waals surface area contributed by atoms with E-state index in [-0.39, 0.29) is 18.0 Å². The summed E-state index contributed by atoms with van der Waals surface area (Å²) in [5.74, 6) is 0.310. The van der Waals surface area contributed by atoms with Crippen molar-refractivity contribution in [2.24, 2.45) is 0 Å². The second kappa shape index (κ2) is 9.32. The van der Waals surface area contributed by atoms with E-state index >= 15 is 0 Å². The lowest BCUT2D eigenvalue weighted by atomic mass is 10.1. The largest absolute Gasteiger partial charge is 0.496 e. The number of methoxy groups -OCH3 is 2. The molecule has 0 unspecified atom stereocenters. The molecule has 2 aromatic rings. The number of carbonyl (C=O) groups excluding carboxylic acids is 2. The van der Waals surface area contributed by atoms with Crippen LogP contribution in [-0.2, 0) is 4.79 Å². The fourth-order valence-electron chi connectivity index (χ4n) is 3.47. The zero-order valence-corrected chi connectivity index (χ0v) is 17.1. The van der Waals surface area contributed by atoms with Crippen molar-refractivity contribution in [1.82, 2.24) is 10.2 Å². The molecule has 0 atom stereocenters. The number of hydrogen-bond donors (Lipinski definition) is 1. The highest BCUT2D eigenvalue weighted by atomic mass is 16.5. The van der Waals surface area contributed by atoms with Gasteiger partial charge in [-0.3, -0.25) is 9.59 Å². The van der Waals surface area contributed by atoms with Crippen molar-refractivity contribution >= 4 is 17.5 Å². The topological polar surface area (TPSA) is 71.1 Å². The van der Waals surface area contributed by atoms with Crippen LogP contribution in [0.3, 0.4) is 0 Å². The molecular weight excluding hydrogens is 370 g/mol. The normalized spacial score (nSPS) is 13.8. The summed E-state index contributed by atoms with van der Waals surface area (Å²) in [7, 11) is 2.98. The molecule has 0 aliphatic carbocycles. The third-order valence-electron chi connectivity index (χ3n) is 5.05. The summed E-state index contributed by atoms with van der Waals surface area (Å²) >= 11 is 0. The number of ether oxygens (including phenoxy) is 2. The average Bonchev–Trinajstić information content (AvgIpc) is 2.76. The van der Waals surface area contributed by atoms with Crippen LogP contribution in [0.2, 0.25) is 0 Å². The zero-order chi connectivity index (χ0) is 20.8. The number of carbonyl (C=O) groups is 2. The molecule has 154 valence electrons. The smallest absolute Gasteiger partial charge is 0.259 e.